The molecule has 0 atom stereocenters. The highest BCUT2D eigenvalue weighted by Crippen LogP contribution is 2.26. The van der Waals surface area contributed by atoms with E-state index in [1.807, 2.05) is 0 Å². The third-order valence-electron chi connectivity index (χ3n) is 4.05. The lowest BCUT2D eigenvalue weighted by Crippen LogP contribution is -2.24. The van der Waals surface area contributed by atoms with E-state index < -0.39 is 0 Å². The molecule has 1 aromatic rings. The van der Waals surface area contributed by atoms with Crippen LogP contribution in [0.4, 0.5) is 5.69 Å². The van der Waals surface area contributed by atoms with Crippen molar-refractivity contribution in [3.8, 4) is 5.75 Å². The zero-order valence-electron chi connectivity index (χ0n) is 11.4. The maximum Gasteiger partial charge on any atom is 0.119 e. The molecule has 1 aliphatic carbocycles. The van der Waals surface area contributed by atoms with Crippen molar-refractivity contribution in [2.75, 3.05) is 16.8 Å². The molecule has 0 amide bonds. The van der Waals surface area contributed by atoms with Gasteiger partial charge in [0.15, 0.2) is 0 Å². The Balaban J connectivity index is 1.52. The van der Waals surface area contributed by atoms with Crippen molar-refractivity contribution >= 4 is 17.4 Å². The lowest BCUT2D eigenvalue weighted by molar-refractivity contribution is 0.210. The Morgan fingerprint density at radius 3 is 2.32 bits per heavy atom. The molecule has 3 rings (SSSR count). The molecule has 1 saturated heterocycles. The van der Waals surface area contributed by atoms with E-state index in [9.17, 15) is 0 Å². The van der Waals surface area contributed by atoms with Crippen LogP contribution in [0.5, 0.6) is 5.75 Å². The third kappa shape index (κ3) is 3.82. The fourth-order valence-corrected chi connectivity index (χ4v) is 4.01. The fraction of sp³-hybridized carbons (Fsp3) is 0.625. The highest BCUT2D eigenvalue weighted by Gasteiger charge is 2.16. The van der Waals surface area contributed by atoms with E-state index in [4.69, 9.17) is 4.74 Å². The van der Waals surface area contributed by atoms with Gasteiger partial charge < -0.3 is 10.1 Å². The van der Waals surface area contributed by atoms with Crippen molar-refractivity contribution in [1.29, 1.82) is 0 Å². The largest absolute Gasteiger partial charge is 0.490 e. The van der Waals surface area contributed by atoms with Crippen LogP contribution in [0.25, 0.3) is 0 Å². The minimum Gasteiger partial charge on any atom is -0.490 e. The summed E-state index contributed by atoms with van der Waals surface area (Å²) in [6.07, 6.45) is 8.11. The molecule has 1 aromatic carbocycles. The molecular formula is C16H23NOS. The van der Waals surface area contributed by atoms with Gasteiger partial charge in [-0.25, -0.2) is 0 Å². The number of rotatable bonds is 4. The van der Waals surface area contributed by atoms with E-state index in [1.54, 1.807) is 0 Å². The first-order valence-electron chi connectivity index (χ1n) is 7.51. The van der Waals surface area contributed by atoms with Crippen LogP contribution < -0.4 is 10.1 Å². The van der Waals surface area contributed by atoms with Gasteiger partial charge in [0.1, 0.15) is 5.75 Å². The zero-order valence-corrected chi connectivity index (χ0v) is 12.3. The van der Waals surface area contributed by atoms with Crippen LogP contribution in [0, 0.1) is 0 Å². The van der Waals surface area contributed by atoms with Gasteiger partial charge in [-0.05, 0) is 74.3 Å². The Morgan fingerprint density at radius 1 is 0.947 bits per heavy atom. The van der Waals surface area contributed by atoms with Gasteiger partial charge >= 0.3 is 0 Å². The summed E-state index contributed by atoms with van der Waals surface area (Å²) in [5, 5.41) is 3.63. The molecule has 1 saturated carbocycles. The lowest BCUT2D eigenvalue weighted by atomic mass is 10.1. The van der Waals surface area contributed by atoms with Crippen LogP contribution in [-0.4, -0.2) is 23.7 Å². The predicted octanol–water partition coefficient (Wildman–Crippen LogP) is 4.32. The molecule has 0 radical (unpaired) electrons. The molecule has 19 heavy (non-hydrogen) atoms. The average molecular weight is 277 g/mol. The Morgan fingerprint density at radius 2 is 1.63 bits per heavy atom. The summed E-state index contributed by atoms with van der Waals surface area (Å²) in [6.45, 7) is 0. The third-order valence-corrected chi connectivity index (χ3v) is 5.10. The van der Waals surface area contributed by atoms with Crippen molar-refractivity contribution in [2.45, 2.75) is 50.7 Å². The Hall–Kier alpha value is -0.830. The molecule has 2 fully saturated rings. The maximum atomic E-state index is 5.99. The molecule has 104 valence electrons. The first kappa shape index (κ1) is 13.2. The lowest BCUT2D eigenvalue weighted by Gasteiger charge is -2.23. The molecule has 1 heterocycles. The summed E-state index contributed by atoms with van der Waals surface area (Å²) >= 11 is 2.07. The predicted molar refractivity (Wildman–Crippen MR) is 83.3 cm³/mol. The molecule has 3 heteroatoms. The molecule has 1 aliphatic heterocycles. The highest BCUT2D eigenvalue weighted by molar-refractivity contribution is 7.99. The fourth-order valence-electron chi connectivity index (χ4n) is 2.91. The topological polar surface area (TPSA) is 21.3 Å². The summed E-state index contributed by atoms with van der Waals surface area (Å²) in [7, 11) is 0. The average Bonchev–Trinajstić information content (AvgIpc) is 2.95. The van der Waals surface area contributed by atoms with E-state index in [1.165, 1.54) is 55.7 Å². The van der Waals surface area contributed by atoms with Gasteiger partial charge in [-0.1, -0.05) is 0 Å². The molecular weight excluding hydrogens is 254 g/mol. The second-order valence-electron chi connectivity index (χ2n) is 5.58. The van der Waals surface area contributed by atoms with Crippen LogP contribution in [0.3, 0.4) is 0 Å². The SMILES string of the molecule is c1cc(OC2CCCC2)ccc1NC1CCSCC1. The number of hydrogen-bond donors (Lipinski definition) is 1. The quantitative estimate of drug-likeness (QED) is 0.886. The first-order valence-corrected chi connectivity index (χ1v) is 8.66. The molecule has 0 aromatic heterocycles. The van der Waals surface area contributed by atoms with E-state index in [0.717, 1.165) is 5.75 Å². The number of anilines is 1. The molecule has 2 nitrogen and oxygen atoms in total. The number of hydrogen-bond acceptors (Lipinski definition) is 3. The Kier molecular flexibility index (Phi) is 4.54. The van der Waals surface area contributed by atoms with Gasteiger partial charge in [0.05, 0.1) is 6.10 Å². The van der Waals surface area contributed by atoms with E-state index in [2.05, 4.69) is 41.3 Å². The van der Waals surface area contributed by atoms with Gasteiger partial charge in [-0.2, -0.15) is 11.8 Å². The zero-order chi connectivity index (χ0) is 12.9. The number of benzene rings is 1. The second kappa shape index (κ2) is 6.56. The summed E-state index contributed by atoms with van der Waals surface area (Å²) in [6, 6.07) is 9.19. The Bertz CT molecular complexity index is 380. The minimum absolute atomic E-state index is 0.453. The van der Waals surface area contributed by atoms with Crippen LogP contribution in [0.15, 0.2) is 24.3 Å². The second-order valence-corrected chi connectivity index (χ2v) is 6.80. The number of nitrogens with one attached hydrogen (secondary N) is 1. The number of ether oxygens (including phenoxy) is 1. The smallest absolute Gasteiger partial charge is 0.119 e. The van der Waals surface area contributed by atoms with Gasteiger partial charge in [-0.15, -0.1) is 0 Å². The Labute approximate surface area is 120 Å². The maximum absolute atomic E-state index is 5.99. The van der Waals surface area contributed by atoms with Crippen LogP contribution in [0.2, 0.25) is 0 Å². The van der Waals surface area contributed by atoms with Gasteiger partial charge in [0.2, 0.25) is 0 Å². The molecule has 2 aliphatic rings. The first-order chi connectivity index (χ1) is 9.40. The molecule has 0 spiro atoms. The van der Waals surface area contributed by atoms with Crippen molar-refractivity contribution < 1.29 is 4.74 Å². The summed E-state index contributed by atoms with van der Waals surface area (Å²) < 4.78 is 5.99. The normalized spacial score (nSPS) is 21.5. The van der Waals surface area contributed by atoms with Crippen molar-refractivity contribution in [2.24, 2.45) is 0 Å². The van der Waals surface area contributed by atoms with Gasteiger partial charge in [0.25, 0.3) is 0 Å². The standard InChI is InChI=1S/C16H23NOS/c1-2-4-15(3-1)18-16-7-5-13(6-8-16)17-14-9-11-19-12-10-14/h5-8,14-15,17H,1-4,9-12H2. The van der Waals surface area contributed by atoms with E-state index in [-0.39, 0.29) is 0 Å². The van der Waals surface area contributed by atoms with Gasteiger partial charge in [0, 0.05) is 11.7 Å². The van der Waals surface area contributed by atoms with E-state index in [0.29, 0.717) is 12.1 Å². The minimum atomic E-state index is 0.453. The van der Waals surface area contributed by atoms with Crippen LogP contribution in [-0.2, 0) is 0 Å². The molecule has 1 N–H and O–H groups in total. The highest BCUT2D eigenvalue weighted by atomic mass is 32.2. The summed E-state index contributed by atoms with van der Waals surface area (Å²) in [5.74, 6) is 3.61. The monoisotopic (exact) mass is 277 g/mol. The van der Waals surface area contributed by atoms with Crippen molar-refractivity contribution in [1.82, 2.24) is 0 Å². The summed E-state index contributed by atoms with van der Waals surface area (Å²) in [5.41, 5.74) is 1.23. The van der Waals surface area contributed by atoms with Crippen molar-refractivity contribution in [3.63, 3.8) is 0 Å². The van der Waals surface area contributed by atoms with Crippen molar-refractivity contribution in [3.05, 3.63) is 24.3 Å². The van der Waals surface area contributed by atoms with Gasteiger partial charge in [-0.3, -0.25) is 0 Å². The van der Waals surface area contributed by atoms with Crippen LogP contribution in [0.1, 0.15) is 38.5 Å². The molecule has 0 bridgehead atoms. The molecule has 0 unspecified atom stereocenters. The number of thioether (sulfide) groups is 1. The van der Waals surface area contributed by atoms with Crippen LogP contribution >= 0.6 is 11.8 Å². The van der Waals surface area contributed by atoms with E-state index >= 15 is 0 Å². The summed E-state index contributed by atoms with van der Waals surface area (Å²) in [4.78, 5) is 0.